The van der Waals surface area contributed by atoms with E-state index in [2.05, 4.69) is 0 Å². The Morgan fingerprint density at radius 2 is 2.21 bits per heavy atom. The molecule has 1 unspecified atom stereocenters. The Bertz CT molecular complexity index is 669. The average molecular weight is 287 g/mol. The fourth-order valence-electron chi connectivity index (χ4n) is 1.79. The van der Waals surface area contributed by atoms with Gasteiger partial charge in [-0.25, -0.2) is 9.18 Å². The van der Waals surface area contributed by atoms with Crippen molar-refractivity contribution in [3.8, 4) is 6.07 Å². The van der Waals surface area contributed by atoms with Crippen LogP contribution in [0.15, 0.2) is 15.8 Å². The molecule has 0 aromatic carbocycles. The molecule has 1 fully saturated rings. The van der Waals surface area contributed by atoms with Crippen molar-refractivity contribution in [2.24, 2.45) is 0 Å². The third kappa shape index (κ3) is 2.37. The van der Waals surface area contributed by atoms with Crippen molar-refractivity contribution in [1.29, 1.82) is 5.26 Å². The van der Waals surface area contributed by atoms with Crippen LogP contribution >= 0.6 is 11.6 Å². The number of hydrogen-bond donors (Lipinski definition) is 1. The number of nitrogens with zero attached hydrogens (tertiary/aromatic N) is 3. The third-order valence-electron chi connectivity index (χ3n) is 2.84. The number of carbonyl (C=O) groups is 1. The zero-order valence-electron chi connectivity index (χ0n) is 9.47. The van der Waals surface area contributed by atoms with Crippen molar-refractivity contribution < 1.29 is 9.18 Å². The van der Waals surface area contributed by atoms with Crippen molar-refractivity contribution in [2.75, 3.05) is 13.1 Å². The molecule has 19 heavy (non-hydrogen) atoms. The Kier molecular flexibility index (Phi) is 3.40. The van der Waals surface area contributed by atoms with Gasteiger partial charge >= 0.3 is 5.69 Å². The highest BCUT2D eigenvalue weighted by Crippen LogP contribution is 2.21. The van der Waals surface area contributed by atoms with Crippen molar-refractivity contribution in [3.05, 3.63) is 32.6 Å². The summed E-state index contributed by atoms with van der Waals surface area (Å²) in [5.74, 6) is -0.865. The topological polar surface area (TPSA) is 99.0 Å². The van der Waals surface area contributed by atoms with Crippen LogP contribution in [-0.4, -0.2) is 39.1 Å². The summed E-state index contributed by atoms with van der Waals surface area (Å²) in [5.41, 5.74) is -3.75. The second-order valence-corrected chi connectivity index (χ2v) is 4.40. The van der Waals surface area contributed by atoms with Crippen LogP contribution in [0.1, 0.15) is 11.6 Å². The lowest BCUT2D eigenvalue weighted by molar-refractivity contribution is -0.139. The second-order valence-electron chi connectivity index (χ2n) is 4.02. The van der Waals surface area contributed by atoms with Crippen molar-refractivity contribution in [1.82, 2.24) is 14.5 Å². The molecule has 1 saturated heterocycles. The fraction of sp³-hybridized carbons (Fsp3) is 0.400. The predicted octanol–water partition coefficient (Wildman–Crippen LogP) is -0.674. The molecule has 9 heteroatoms. The van der Waals surface area contributed by atoms with Crippen LogP contribution in [0.2, 0.25) is 0 Å². The summed E-state index contributed by atoms with van der Waals surface area (Å²) in [4.78, 5) is 37.1. The van der Waals surface area contributed by atoms with Gasteiger partial charge in [0.2, 0.25) is 0 Å². The number of carbonyl (C=O) groups excluding carboxylic acids is 1. The summed E-state index contributed by atoms with van der Waals surface area (Å²) in [5, 5.41) is 8.70. The zero-order valence-corrected chi connectivity index (χ0v) is 10.2. The minimum Gasteiger partial charge on any atom is -0.335 e. The number of hydrogen-bond acceptors (Lipinski definition) is 4. The predicted molar refractivity (Wildman–Crippen MR) is 62.4 cm³/mol. The number of rotatable bonds is 2. The molecule has 1 atom stereocenters. The van der Waals surface area contributed by atoms with Crippen molar-refractivity contribution in [2.45, 2.75) is 11.7 Å². The van der Waals surface area contributed by atoms with Crippen molar-refractivity contribution >= 4 is 17.5 Å². The van der Waals surface area contributed by atoms with Gasteiger partial charge in [-0.2, -0.15) is 5.26 Å². The standard InChI is InChI=1S/C10H8ClFN4O3/c11-7(12)9(18)15-3-6(4-15)16-2-5(1-13)8(17)14-10(16)19/h2,6-7H,3-4H2,(H,14,17,19). The van der Waals surface area contributed by atoms with E-state index in [1.165, 1.54) is 0 Å². The van der Waals surface area contributed by atoms with E-state index in [1.54, 1.807) is 6.07 Å². The van der Waals surface area contributed by atoms with Gasteiger partial charge in [-0.3, -0.25) is 19.1 Å². The molecular formula is C10H8ClFN4O3. The summed E-state index contributed by atoms with van der Waals surface area (Å²) in [6.07, 6.45) is 1.13. The number of nitriles is 1. The maximum absolute atomic E-state index is 12.6. The molecule has 1 aromatic heterocycles. The van der Waals surface area contributed by atoms with Crippen LogP contribution in [0, 0.1) is 11.3 Å². The summed E-state index contributed by atoms with van der Waals surface area (Å²) in [6, 6.07) is 1.25. The number of aromatic amines is 1. The first-order valence-corrected chi connectivity index (χ1v) is 5.70. The zero-order chi connectivity index (χ0) is 14.2. The number of amides is 1. The Labute approximate surface area is 110 Å². The van der Waals surface area contributed by atoms with Crippen LogP contribution < -0.4 is 11.2 Å². The number of H-pyrrole nitrogens is 1. The monoisotopic (exact) mass is 286 g/mol. The van der Waals surface area contributed by atoms with E-state index in [4.69, 9.17) is 16.9 Å². The molecular weight excluding hydrogens is 279 g/mol. The highest BCUT2D eigenvalue weighted by molar-refractivity contribution is 6.29. The van der Waals surface area contributed by atoms with Crippen LogP contribution in [0.25, 0.3) is 0 Å². The highest BCUT2D eigenvalue weighted by Gasteiger charge is 2.35. The Morgan fingerprint density at radius 3 is 2.74 bits per heavy atom. The summed E-state index contributed by atoms with van der Waals surface area (Å²) < 4.78 is 13.7. The van der Waals surface area contributed by atoms with Gasteiger partial charge in [-0.1, -0.05) is 11.6 Å². The molecule has 0 aliphatic carbocycles. The van der Waals surface area contributed by atoms with Gasteiger partial charge in [0.05, 0.1) is 6.04 Å². The number of alkyl halides is 2. The van der Waals surface area contributed by atoms with E-state index in [9.17, 15) is 18.8 Å². The molecule has 1 N–H and O–H groups in total. The van der Waals surface area contributed by atoms with Gasteiger partial charge in [-0.15, -0.1) is 0 Å². The molecule has 0 bridgehead atoms. The fourth-order valence-corrected chi connectivity index (χ4v) is 1.92. The van der Waals surface area contributed by atoms with Gasteiger partial charge in [0, 0.05) is 19.3 Å². The van der Waals surface area contributed by atoms with Crippen LogP contribution in [0.5, 0.6) is 0 Å². The lowest BCUT2D eigenvalue weighted by Crippen LogP contribution is -2.55. The summed E-state index contributed by atoms with van der Waals surface area (Å²) in [6.45, 7) is 0.200. The van der Waals surface area contributed by atoms with Crippen LogP contribution in [-0.2, 0) is 4.79 Å². The third-order valence-corrected chi connectivity index (χ3v) is 3.03. The largest absolute Gasteiger partial charge is 0.335 e. The van der Waals surface area contributed by atoms with E-state index in [0.717, 1.165) is 15.7 Å². The molecule has 1 aromatic rings. The molecule has 0 radical (unpaired) electrons. The Balaban J connectivity index is 2.19. The maximum Gasteiger partial charge on any atom is 0.328 e. The summed E-state index contributed by atoms with van der Waals surface area (Å²) >= 11 is 5.01. The Morgan fingerprint density at radius 1 is 1.58 bits per heavy atom. The van der Waals surface area contributed by atoms with E-state index >= 15 is 0 Å². The second kappa shape index (κ2) is 4.85. The summed E-state index contributed by atoms with van der Waals surface area (Å²) in [7, 11) is 0. The lowest BCUT2D eigenvalue weighted by Gasteiger charge is -2.39. The van der Waals surface area contributed by atoms with Crippen molar-refractivity contribution in [3.63, 3.8) is 0 Å². The normalized spacial score (nSPS) is 16.6. The molecule has 7 nitrogen and oxygen atoms in total. The van der Waals surface area contributed by atoms with Crippen LogP contribution in [0.4, 0.5) is 4.39 Å². The minimum atomic E-state index is -2.11. The van der Waals surface area contributed by atoms with E-state index in [-0.39, 0.29) is 18.7 Å². The molecule has 100 valence electrons. The van der Waals surface area contributed by atoms with E-state index in [0.29, 0.717) is 0 Å². The molecule has 1 amide bonds. The molecule has 2 heterocycles. The smallest absolute Gasteiger partial charge is 0.328 e. The van der Waals surface area contributed by atoms with Gasteiger partial charge < -0.3 is 4.90 Å². The number of nitrogens with one attached hydrogen (secondary N) is 1. The number of halogens is 2. The van der Waals surface area contributed by atoms with E-state index in [1.807, 2.05) is 4.98 Å². The molecule has 1 aliphatic rings. The average Bonchev–Trinajstić information content (AvgIpc) is 2.29. The maximum atomic E-state index is 12.6. The van der Waals surface area contributed by atoms with Gasteiger partial charge in [0.25, 0.3) is 17.1 Å². The number of likely N-dealkylation sites (tertiary alicyclic amines) is 1. The minimum absolute atomic E-state index is 0.1000. The van der Waals surface area contributed by atoms with Gasteiger partial charge in [-0.05, 0) is 0 Å². The molecule has 0 saturated carbocycles. The van der Waals surface area contributed by atoms with Crippen LogP contribution in [0.3, 0.4) is 0 Å². The first-order valence-electron chi connectivity index (χ1n) is 5.26. The lowest BCUT2D eigenvalue weighted by atomic mass is 10.1. The quantitative estimate of drug-likeness (QED) is 0.729. The first kappa shape index (κ1) is 13.3. The van der Waals surface area contributed by atoms with E-state index < -0.39 is 28.8 Å². The molecule has 1 aliphatic heterocycles. The number of aromatic nitrogens is 2. The molecule has 2 rings (SSSR count). The first-order chi connectivity index (χ1) is 8.93. The SMILES string of the molecule is N#Cc1cn(C2CN(C(=O)C(F)Cl)C2)c(=O)[nH]c1=O. The van der Waals surface area contributed by atoms with Gasteiger partial charge in [0.15, 0.2) is 0 Å². The molecule has 0 spiro atoms. The Hall–Kier alpha value is -2.14. The van der Waals surface area contributed by atoms with Gasteiger partial charge in [0.1, 0.15) is 11.6 Å². The highest BCUT2D eigenvalue weighted by atomic mass is 35.5.